The van der Waals surface area contributed by atoms with E-state index in [1.807, 2.05) is 0 Å². The second kappa shape index (κ2) is 7.27. The van der Waals surface area contributed by atoms with Gasteiger partial charge in [-0.2, -0.15) is 0 Å². The van der Waals surface area contributed by atoms with E-state index in [0.717, 1.165) is 25.7 Å². The summed E-state index contributed by atoms with van der Waals surface area (Å²) in [6.45, 7) is 1.83. The van der Waals surface area contributed by atoms with Gasteiger partial charge in [0, 0.05) is 0 Å². The van der Waals surface area contributed by atoms with Crippen LogP contribution in [-0.4, -0.2) is 36.2 Å². The zero-order valence-electron chi connectivity index (χ0n) is 10.3. The molecule has 5 nitrogen and oxygen atoms in total. The van der Waals surface area contributed by atoms with Crippen LogP contribution in [0, 0.1) is 5.92 Å². The standard InChI is InChI=1S/C12H21NO4/c1-2-17-10(14)8-13-12(16)11(15)9-6-4-3-5-7-9/h9,11,15H,2-8H2,1H3,(H,13,16). The van der Waals surface area contributed by atoms with Crippen molar-refractivity contribution < 1.29 is 19.4 Å². The number of amides is 1. The van der Waals surface area contributed by atoms with Crippen molar-refractivity contribution in [1.82, 2.24) is 5.32 Å². The summed E-state index contributed by atoms with van der Waals surface area (Å²) in [5, 5.41) is 12.2. The molecule has 2 N–H and O–H groups in total. The molecular formula is C12H21NO4. The SMILES string of the molecule is CCOC(=O)CNC(=O)C(O)C1CCCCC1. The summed E-state index contributed by atoms with van der Waals surface area (Å²) in [6, 6.07) is 0. The van der Waals surface area contributed by atoms with Crippen molar-refractivity contribution in [3.05, 3.63) is 0 Å². The molecule has 5 heteroatoms. The molecule has 1 aliphatic rings. The second-order valence-corrected chi connectivity index (χ2v) is 4.37. The van der Waals surface area contributed by atoms with Gasteiger partial charge in [0.15, 0.2) is 0 Å². The number of nitrogens with one attached hydrogen (secondary N) is 1. The topological polar surface area (TPSA) is 75.6 Å². The van der Waals surface area contributed by atoms with Crippen LogP contribution in [-0.2, 0) is 14.3 Å². The monoisotopic (exact) mass is 243 g/mol. The minimum atomic E-state index is -0.996. The molecule has 1 unspecified atom stereocenters. The van der Waals surface area contributed by atoms with Gasteiger partial charge in [-0.05, 0) is 25.7 Å². The first kappa shape index (κ1) is 14.0. The number of aliphatic hydroxyl groups excluding tert-OH is 1. The van der Waals surface area contributed by atoms with E-state index in [-0.39, 0.29) is 12.5 Å². The smallest absolute Gasteiger partial charge is 0.325 e. The van der Waals surface area contributed by atoms with E-state index in [1.165, 1.54) is 6.42 Å². The fourth-order valence-electron chi connectivity index (χ4n) is 2.14. The lowest BCUT2D eigenvalue weighted by Crippen LogP contribution is -2.42. The molecule has 0 bridgehead atoms. The third-order valence-corrected chi connectivity index (χ3v) is 3.08. The molecule has 0 aromatic rings. The van der Waals surface area contributed by atoms with E-state index < -0.39 is 18.0 Å². The third kappa shape index (κ3) is 4.73. The Kier molecular flexibility index (Phi) is 5.97. The number of carbonyl (C=O) groups is 2. The quantitative estimate of drug-likeness (QED) is 0.694. The number of esters is 1. The average molecular weight is 243 g/mol. The zero-order valence-corrected chi connectivity index (χ0v) is 10.3. The number of rotatable bonds is 5. The number of ether oxygens (including phenoxy) is 1. The summed E-state index contributed by atoms with van der Waals surface area (Å²) < 4.78 is 4.68. The van der Waals surface area contributed by atoms with Gasteiger partial charge in [0.1, 0.15) is 12.6 Å². The highest BCUT2D eigenvalue weighted by Crippen LogP contribution is 2.26. The van der Waals surface area contributed by atoms with E-state index in [1.54, 1.807) is 6.92 Å². The maximum atomic E-state index is 11.6. The predicted molar refractivity (Wildman–Crippen MR) is 62.2 cm³/mol. The third-order valence-electron chi connectivity index (χ3n) is 3.08. The molecular weight excluding hydrogens is 222 g/mol. The van der Waals surface area contributed by atoms with Crippen molar-refractivity contribution in [2.45, 2.75) is 45.1 Å². The molecule has 1 fully saturated rings. The van der Waals surface area contributed by atoms with Crippen molar-refractivity contribution in [1.29, 1.82) is 0 Å². The Bertz CT molecular complexity index is 261. The summed E-state index contributed by atoms with van der Waals surface area (Å²) in [5.74, 6) is -0.910. The van der Waals surface area contributed by atoms with Gasteiger partial charge in [-0.25, -0.2) is 0 Å². The van der Waals surface area contributed by atoms with Crippen molar-refractivity contribution in [3.63, 3.8) is 0 Å². The Morgan fingerprint density at radius 3 is 2.59 bits per heavy atom. The van der Waals surface area contributed by atoms with E-state index in [4.69, 9.17) is 0 Å². The Balaban J connectivity index is 2.28. The summed E-state index contributed by atoms with van der Waals surface area (Å²) in [5.41, 5.74) is 0. The first-order valence-electron chi connectivity index (χ1n) is 6.26. The molecule has 1 rings (SSSR count). The maximum Gasteiger partial charge on any atom is 0.325 e. The van der Waals surface area contributed by atoms with Crippen LogP contribution in [0.15, 0.2) is 0 Å². The van der Waals surface area contributed by atoms with Crippen LogP contribution in [0.25, 0.3) is 0 Å². The number of hydrogen-bond donors (Lipinski definition) is 2. The van der Waals surface area contributed by atoms with Crippen molar-refractivity contribution in [3.8, 4) is 0 Å². The van der Waals surface area contributed by atoms with Gasteiger partial charge in [-0.15, -0.1) is 0 Å². The predicted octanol–water partition coefficient (Wildman–Crippen LogP) is 0.607. The van der Waals surface area contributed by atoms with Gasteiger partial charge in [0.25, 0.3) is 0 Å². The highest BCUT2D eigenvalue weighted by Gasteiger charge is 2.27. The lowest BCUT2D eigenvalue weighted by molar-refractivity contribution is -0.145. The Morgan fingerprint density at radius 2 is 2.00 bits per heavy atom. The fraction of sp³-hybridized carbons (Fsp3) is 0.833. The molecule has 0 aromatic heterocycles. The van der Waals surface area contributed by atoms with Gasteiger partial charge < -0.3 is 15.2 Å². The number of carbonyl (C=O) groups excluding carboxylic acids is 2. The minimum absolute atomic E-state index is 0.0333. The maximum absolute atomic E-state index is 11.6. The molecule has 0 heterocycles. The van der Waals surface area contributed by atoms with E-state index >= 15 is 0 Å². The van der Waals surface area contributed by atoms with Crippen LogP contribution in [0.5, 0.6) is 0 Å². The molecule has 0 spiro atoms. The van der Waals surface area contributed by atoms with Gasteiger partial charge in [-0.1, -0.05) is 19.3 Å². The van der Waals surface area contributed by atoms with Crippen molar-refractivity contribution in [2.75, 3.05) is 13.2 Å². The molecule has 1 saturated carbocycles. The summed E-state index contributed by atoms with van der Waals surface area (Å²) >= 11 is 0. The van der Waals surface area contributed by atoms with Crippen LogP contribution in [0.4, 0.5) is 0 Å². The first-order chi connectivity index (χ1) is 8.15. The molecule has 1 aliphatic carbocycles. The average Bonchev–Trinajstić information content (AvgIpc) is 2.36. The normalized spacial score (nSPS) is 18.5. The molecule has 1 amide bonds. The van der Waals surface area contributed by atoms with E-state index in [0.29, 0.717) is 6.61 Å². The molecule has 98 valence electrons. The Morgan fingerprint density at radius 1 is 1.35 bits per heavy atom. The number of aliphatic hydroxyl groups is 1. The molecule has 0 radical (unpaired) electrons. The van der Waals surface area contributed by atoms with Gasteiger partial charge >= 0.3 is 5.97 Å². The van der Waals surface area contributed by atoms with Crippen molar-refractivity contribution in [2.24, 2.45) is 5.92 Å². The van der Waals surface area contributed by atoms with E-state index in [2.05, 4.69) is 10.1 Å². The largest absolute Gasteiger partial charge is 0.465 e. The molecule has 0 aliphatic heterocycles. The summed E-state index contributed by atoms with van der Waals surface area (Å²) in [6.07, 6.45) is 4.07. The lowest BCUT2D eigenvalue weighted by atomic mass is 9.85. The van der Waals surface area contributed by atoms with Crippen LogP contribution < -0.4 is 5.32 Å². The Hall–Kier alpha value is -1.10. The Labute approximate surface area is 102 Å². The van der Waals surface area contributed by atoms with Gasteiger partial charge in [0.05, 0.1) is 6.61 Å². The minimum Gasteiger partial charge on any atom is -0.465 e. The first-order valence-corrected chi connectivity index (χ1v) is 6.26. The zero-order chi connectivity index (χ0) is 12.7. The van der Waals surface area contributed by atoms with Gasteiger partial charge in [0.2, 0.25) is 5.91 Å². The molecule has 1 atom stereocenters. The van der Waals surface area contributed by atoms with Crippen molar-refractivity contribution >= 4 is 11.9 Å². The lowest BCUT2D eigenvalue weighted by Gasteiger charge is -2.25. The summed E-state index contributed by atoms with van der Waals surface area (Å²) in [4.78, 5) is 22.6. The van der Waals surface area contributed by atoms with Crippen LogP contribution in [0.1, 0.15) is 39.0 Å². The van der Waals surface area contributed by atoms with Crippen LogP contribution in [0.3, 0.4) is 0 Å². The summed E-state index contributed by atoms with van der Waals surface area (Å²) in [7, 11) is 0. The van der Waals surface area contributed by atoms with Gasteiger partial charge in [-0.3, -0.25) is 9.59 Å². The van der Waals surface area contributed by atoms with E-state index in [9.17, 15) is 14.7 Å². The highest BCUT2D eigenvalue weighted by atomic mass is 16.5. The van der Waals surface area contributed by atoms with Crippen LogP contribution in [0.2, 0.25) is 0 Å². The fourth-order valence-corrected chi connectivity index (χ4v) is 2.14. The molecule has 17 heavy (non-hydrogen) atoms. The van der Waals surface area contributed by atoms with Crippen LogP contribution >= 0.6 is 0 Å². The molecule has 0 aromatic carbocycles. The molecule has 0 saturated heterocycles. The highest BCUT2D eigenvalue weighted by molar-refractivity contribution is 5.84. The number of hydrogen-bond acceptors (Lipinski definition) is 4. The second-order valence-electron chi connectivity index (χ2n) is 4.37.